The van der Waals surface area contributed by atoms with Crippen molar-refractivity contribution in [1.82, 2.24) is 30.4 Å². The molecule has 2 aromatic heterocycles. The van der Waals surface area contributed by atoms with Crippen LogP contribution in [-0.2, 0) is 23.8 Å². The molecular weight excluding hydrogens is 779 g/mol. The van der Waals surface area contributed by atoms with Gasteiger partial charge in [0.2, 0.25) is 0 Å². The number of furan rings is 1. The first-order valence-corrected chi connectivity index (χ1v) is 20.1. The van der Waals surface area contributed by atoms with Crippen LogP contribution in [-0.4, -0.2) is 83.7 Å². The second-order valence-electron chi connectivity index (χ2n) is 14.7. The van der Waals surface area contributed by atoms with Crippen LogP contribution in [0.4, 0.5) is 15.3 Å². The molecule has 6 aromatic rings. The lowest BCUT2D eigenvalue weighted by Crippen LogP contribution is -2.45. The fraction of sp³-hybridized carbons (Fsp3) is 0.261. The van der Waals surface area contributed by atoms with E-state index >= 15 is 0 Å². The summed E-state index contributed by atoms with van der Waals surface area (Å²) < 4.78 is 21.8. The molecule has 2 aliphatic heterocycles. The smallest absolute Gasteiger partial charge is 0.407 e. The number of methoxy groups -OCH3 is 2. The number of likely N-dealkylation sites (tertiary alicyclic amines) is 2. The van der Waals surface area contributed by atoms with Crippen LogP contribution in [0.15, 0.2) is 125 Å². The number of rotatable bonds is 12. The van der Waals surface area contributed by atoms with Crippen LogP contribution in [0, 0.1) is 0 Å². The first-order chi connectivity index (χ1) is 29.8. The third-order valence-corrected chi connectivity index (χ3v) is 11.0. The van der Waals surface area contributed by atoms with Gasteiger partial charge >= 0.3 is 12.2 Å². The van der Waals surface area contributed by atoms with Gasteiger partial charge in [0, 0.05) is 30.5 Å². The molecule has 0 aliphatic carbocycles. The number of hydrogen-bond acceptors (Lipinski definition) is 10. The summed E-state index contributed by atoms with van der Waals surface area (Å²) in [6.07, 6.45) is 4.10. The van der Waals surface area contributed by atoms with Crippen molar-refractivity contribution in [3.63, 3.8) is 0 Å². The minimum atomic E-state index is -0.923. The number of amides is 4. The highest BCUT2D eigenvalue weighted by Gasteiger charge is 2.38. The zero-order valence-corrected chi connectivity index (χ0v) is 33.7. The Hall–Kier alpha value is -7.42. The molecule has 0 bridgehead atoms. The van der Waals surface area contributed by atoms with E-state index in [0.717, 1.165) is 41.5 Å². The van der Waals surface area contributed by atoms with Gasteiger partial charge < -0.3 is 44.0 Å². The molecule has 0 radical (unpaired) electrons. The largest absolute Gasteiger partial charge is 0.460 e. The third-order valence-electron chi connectivity index (χ3n) is 11.0. The SMILES string of the molecule is COC(=O)N[C@@H](C(=O)N1CCC[C@H]1OC=Nc1ccc2oc(-c3ccc(-c4cnc([C@@H]5CCCN5C(=O)[C@H](NC(=O)OC)c5ccccc5)[nH]4)cc3)cc2c1)c1ccccc1. The van der Waals surface area contributed by atoms with Gasteiger partial charge in [0.15, 0.2) is 12.6 Å². The monoisotopic (exact) mass is 823 g/mol. The lowest BCUT2D eigenvalue weighted by atomic mass is 10.1. The molecule has 4 amide bonds. The van der Waals surface area contributed by atoms with E-state index in [9.17, 15) is 19.2 Å². The molecule has 15 heteroatoms. The second-order valence-corrected chi connectivity index (χ2v) is 14.7. The van der Waals surface area contributed by atoms with Crippen molar-refractivity contribution < 1.29 is 37.8 Å². The fourth-order valence-corrected chi connectivity index (χ4v) is 7.88. The molecule has 312 valence electrons. The van der Waals surface area contributed by atoms with E-state index in [1.807, 2.05) is 97.1 Å². The van der Waals surface area contributed by atoms with Crippen molar-refractivity contribution in [2.45, 2.75) is 50.0 Å². The summed E-state index contributed by atoms with van der Waals surface area (Å²) >= 11 is 0. The van der Waals surface area contributed by atoms with Crippen LogP contribution in [0.5, 0.6) is 0 Å². The lowest BCUT2D eigenvalue weighted by molar-refractivity contribution is -0.139. The molecule has 4 atom stereocenters. The van der Waals surface area contributed by atoms with Crippen molar-refractivity contribution in [2.75, 3.05) is 27.3 Å². The minimum Gasteiger partial charge on any atom is -0.460 e. The summed E-state index contributed by atoms with van der Waals surface area (Å²) in [6, 6.07) is 31.5. The highest BCUT2D eigenvalue weighted by atomic mass is 16.5. The molecule has 15 nitrogen and oxygen atoms in total. The predicted molar refractivity (Wildman–Crippen MR) is 226 cm³/mol. The first kappa shape index (κ1) is 40.4. The fourth-order valence-electron chi connectivity index (χ4n) is 7.88. The molecule has 0 spiro atoms. The molecule has 0 unspecified atom stereocenters. The molecule has 4 aromatic carbocycles. The van der Waals surface area contributed by atoms with Crippen molar-refractivity contribution in [3.8, 4) is 22.6 Å². The maximum absolute atomic E-state index is 13.9. The molecular formula is C46H45N7O8. The summed E-state index contributed by atoms with van der Waals surface area (Å²) in [5, 5.41) is 6.21. The van der Waals surface area contributed by atoms with Crippen LogP contribution in [0.2, 0.25) is 0 Å². The summed E-state index contributed by atoms with van der Waals surface area (Å²) in [5.74, 6) is 0.839. The molecule has 2 fully saturated rings. The van der Waals surface area contributed by atoms with Gasteiger partial charge in [0.05, 0.1) is 37.8 Å². The Morgan fingerprint density at radius 3 is 2.03 bits per heavy atom. The Labute approximate surface area is 351 Å². The van der Waals surface area contributed by atoms with Gasteiger partial charge in [-0.3, -0.25) is 9.59 Å². The highest BCUT2D eigenvalue weighted by molar-refractivity contribution is 5.89. The number of H-pyrrole nitrogens is 1. The van der Waals surface area contributed by atoms with E-state index in [-0.39, 0.29) is 17.9 Å². The van der Waals surface area contributed by atoms with Gasteiger partial charge in [-0.1, -0.05) is 84.9 Å². The molecule has 0 saturated carbocycles. The number of nitrogens with zero attached hydrogens (tertiary/aromatic N) is 4. The summed E-state index contributed by atoms with van der Waals surface area (Å²) in [4.78, 5) is 67.9. The second kappa shape index (κ2) is 18.2. The number of ether oxygens (including phenoxy) is 3. The Balaban J connectivity index is 0.912. The number of aromatic nitrogens is 2. The molecule has 4 heterocycles. The molecule has 2 aliphatic rings. The lowest BCUT2D eigenvalue weighted by Gasteiger charge is -2.28. The summed E-state index contributed by atoms with van der Waals surface area (Å²) in [7, 11) is 2.53. The topological polar surface area (TPSA) is 181 Å². The summed E-state index contributed by atoms with van der Waals surface area (Å²) in [5.41, 5.74) is 5.25. The van der Waals surface area contributed by atoms with Gasteiger partial charge in [-0.2, -0.15) is 0 Å². The van der Waals surface area contributed by atoms with Crippen molar-refractivity contribution in [2.24, 2.45) is 4.99 Å². The average Bonchev–Trinajstić information content (AvgIpc) is 4.15. The molecule has 2 saturated heterocycles. The minimum absolute atomic E-state index is 0.228. The van der Waals surface area contributed by atoms with Gasteiger partial charge in [0.25, 0.3) is 11.8 Å². The number of benzene rings is 4. The summed E-state index contributed by atoms with van der Waals surface area (Å²) in [6.45, 7) is 1.02. The number of carbonyl (C=O) groups is 4. The van der Waals surface area contributed by atoms with E-state index < -0.39 is 30.5 Å². The third kappa shape index (κ3) is 8.95. The van der Waals surface area contributed by atoms with Crippen molar-refractivity contribution in [1.29, 1.82) is 0 Å². The molecule has 8 rings (SSSR count). The van der Waals surface area contributed by atoms with Crippen molar-refractivity contribution >= 4 is 47.1 Å². The van der Waals surface area contributed by atoms with Gasteiger partial charge in [0.1, 0.15) is 29.3 Å². The van der Waals surface area contributed by atoms with Crippen LogP contribution in [0.1, 0.15) is 60.8 Å². The first-order valence-electron chi connectivity index (χ1n) is 20.1. The maximum Gasteiger partial charge on any atom is 0.407 e. The van der Waals surface area contributed by atoms with Crippen LogP contribution >= 0.6 is 0 Å². The number of nitrogens with one attached hydrogen (secondary N) is 3. The molecule has 61 heavy (non-hydrogen) atoms. The quantitative estimate of drug-likeness (QED) is 0.0815. The van der Waals surface area contributed by atoms with Crippen molar-refractivity contribution in [3.05, 3.63) is 132 Å². The number of imidazole rings is 1. The number of carbonyl (C=O) groups excluding carboxylic acids is 4. The van der Waals surface area contributed by atoms with Crippen LogP contribution in [0.25, 0.3) is 33.6 Å². The Morgan fingerprint density at radius 2 is 1.38 bits per heavy atom. The number of hydrogen-bond donors (Lipinski definition) is 3. The van der Waals surface area contributed by atoms with Gasteiger partial charge in [-0.05, 0) is 60.2 Å². The Bertz CT molecular complexity index is 2520. The highest BCUT2D eigenvalue weighted by Crippen LogP contribution is 2.35. The number of alkyl carbamates (subject to hydrolysis) is 2. The number of aliphatic imine (C=N–C) groups is 1. The van der Waals surface area contributed by atoms with Gasteiger partial charge in [-0.25, -0.2) is 19.6 Å². The average molecular weight is 824 g/mol. The maximum atomic E-state index is 13.9. The zero-order valence-electron chi connectivity index (χ0n) is 33.7. The van der Waals surface area contributed by atoms with E-state index in [1.165, 1.54) is 20.6 Å². The normalized spacial score (nSPS) is 17.3. The van der Waals surface area contributed by atoms with Crippen LogP contribution < -0.4 is 10.6 Å². The van der Waals surface area contributed by atoms with E-state index in [4.69, 9.17) is 18.6 Å². The van der Waals surface area contributed by atoms with Crippen LogP contribution in [0.3, 0.4) is 0 Å². The van der Waals surface area contributed by atoms with Gasteiger partial charge in [-0.15, -0.1) is 0 Å². The van der Waals surface area contributed by atoms with E-state index in [2.05, 4.69) is 25.6 Å². The van der Waals surface area contributed by atoms with E-state index in [0.29, 0.717) is 53.5 Å². The zero-order chi connectivity index (χ0) is 42.3. The Kier molecular flexibility index (Phi) is 12.1. The number of fused-ring (bicyclic) bond motifs is 1. The Morgan fingerprint density at radius 1 is 0.770 bits per heavy atom. The molecule has 3 N–H and O–H groups in total. The van der Waals surface area contributed by atoms with E-state index in [1.54, 1.807) is 28.1 Å². The number of aromatic amines is 1. The standard InChI is InChI=1S/C46H45N7O8/c1-58-45(56)50-40(31-11-5-3-6-12-31)43(54)52-23-9-15-36(52)42-47-27-35(49-42)29-17-19-30(20-18-29)38-26-33-25-34(21-22-37(33)61-38)48-28-60-39-16-10-24-53(39)44(55)41(51-46(57)59-2)32-13-7-4-8-14-32/h3-8,11-14,17-22,25-28,36,39-41H,9-10,15-16,23-24H2,1-2H3,(H,47,49)(H,50,56)(H,51,57)/t36-,39+,40+,41+/m0/s1. The predicted octanol–water partition coefficient (Wildman–Crippen LogP) is 7.97.